The van der Waals surface area contributed by atoms with Crippen molar-refractivity contribution in [2.75, 3.05) is 18.0 Å². The second-order valence-corrected chi connectivity index (χ2v) is 5.34. The molecule has 2 N–H and O–H groups in total. The van der Waals surface area contributed by atoms with Gasteiger partial charge in [0, 0.05) is 25.3 Å². The standard InChI is InChI=1S/C15H18N4O2/c16-10-11-4-1-2-9-18(11)14-7-6-13-12(5-3-8-17-13)15(14)19(20)21/h3,5-8,11H,1-2,4,9-10,16H2. The second-order valence-electron chi connectivity index (χ2n) is 5.34. The molecule has 1 atom stereocenters. The normalized spacial score (nSPS) is 18.9. The largest absolute Gasteiger partial charge is 0.362 e. The highest BCUT2D eigenvalue weighted by Gasteiger charge is 2.29. The summed E-state index contributed by atoms with van der Waals surface area (Å²) in [6.07, 6.45) is 4.80. The maximum atomic E-state index is 11.6. The van der Waals surface area contributed by atoms with Gasteiger partial charge in [0.2, 0.25) is 0 Å². The average Bonchev–Trinajstić information content (AvgIpc) is 2.53. The van der Waals surface area contributed by atoms with Crippen LogP contribution in [0.15, 0.2) is 30.5 Å². The third-order valence-corrected chi connectivity index (χ3v) is 4.13. The molecule has 6 nitrogen and oxygen atoms in total. The topological polar surface area (TPSA) is 85.3 Å². The van der Waals surface area contributed by atoms with Crippen molar-refractivity contribution in [3.8, 4) is 0 Å². The van der Waals surface area contributed by atoms with Crippen LogP contribution in [-0.2, 0) is 0 Å². The molecule has 6 heteroatoms. The number of fused-ring (bicyclic) bond motifs is 1. The molecule has 0 amide bonds. The number of hydrogen-bond donors (Lipinski definition) is 1. The first kappa shape index (κ1) is 13.8. The zero-order valence-electron chi connectivity index (χ0n) is 11.7. The highest BCUT2D eigenvalue weighted by molar-refractivity contribution is 5.94. The van der Waals surface area contributed by atoms with Gasteiger partial charge >= 0.3 is 5.69 Å². The first-order valence-corrected chi connectivity index (χ1v) is 7.21. The van der Waals surface area contributed by atoms with E-state index in [-0.39, 0.29) is 16.7 Å². The lowest BCUT2D eigenvalue weighted by Crippen LogP contribution is -2.44. The van der Waals surface area contributed by atoms with Crippen LogP contribution in [0.1, 0.15) is 19.3 Å². The molecule has 0 spiro atoms. The fraction of sp³-hybridized carbons (Fsp3) is 0.400. The number of nitro benzene ring substituents is 1. The van der Waals surface area contributed by atoms with Crippen molar-refractivity contribution in [2.45, 2.75) is 25.3 Å². The Balaban J connectivity index is 2.17. The van der Waals surface area contributed by atoms with Crippen molar-refractivity contribution in [1.29, 1.82) is 0 Å². The van der Waals surface area contributed by atoms with E-state index in [9.17, 15) is 10.1 Å². The SMILES string of the molecule is NCC1CCCCN1c1ccc2ncccc2c1[N+](=O)[O-]. The van der Waals surface area contributed by atoms with Gasteiger partial charge in [-0.25, -0.2) is 0 Å². The molecular formula is C15H18N4O2. The predicted octanol–water partition coefficient (Wildman–Crippen LogP) is 2.46. The van der Waals surface area contributed by atoms with Gasteiger partial charge in [0.15, 0.2) is 0 Å². The van der Waals surface area contributed by atoms with Crippen LogP contribution in [0.2, 0.25) is 0 Å². The average molecular weight is 286 g/mol. The third kappa shape index (κ3) is 2.42. The van der Waals surface area contributed by atoms with Gasteiger partial charge < -0.3 is 10.6 Å². The van der Waals surface area contributed by atoms with Gasteiger partial charge in [-0.3, -0.25) is 15.1 Å². The summed E-state index contributed by atoms with van der Waals surface area (Å²) in [5, 5.41) is 12.2. The van der Waals surface area contributed by atoms with Gasteiger partial charge in [-0.05, 0) is 43.5 Å². The minimum Gasteiger partial charge on any atom is -0.362 e. The smallest absolute Gasteiger partial charge is 0.301 e. The number of hydrogen-bond acceptors (Lipinski definition) is 5. The van der Waals surface area contributed by atoms with Crippen molar-refractivity contribution in [3.63, 3.8) is 0 Å². The molecule has 3 rings (SSSR count). The van der Waals surface area contributed by atoms with E-state index < -0.39 is 0 Å². The fourth-order valence-electron chi connectivity index (χ4n) is 3.11. The molecule has 1 aromatic carbocycles. The van der Waals surface area contributed by atoms with Gasteiger partial charge in [0.25, 0.3) is 0 Å². The van der Waals surface area contributed by atoms with Crippen molar-refractivity contribution in [3.05, 3.63) is 40.6 Å². The second kappa shape index (κ2) is 5.65. The maximum Gasteiger partial charge on any atom is 0.301 e. The molecule has 1 aromatic heterocycles. The third-order valence-electron chi connectivity index (χ3n) is 4.13. The van der Waals surface area contributed by atoms with E-state index in [0.29, 0.717) is 23.1 Å². The summed E-state index contributed by atoms with van der Waals surface area (Å²) >= 11 is 0. The number of nitrogens with zero attached hydrogens (tertiary/aromatic N) is 3. The summed E-state index contributed by atoms with van der Waals surface area (Å²) in [5.74, 6) is 0. The van der Waals surface area contributed by atoms with Crippen LogP contribution in [-0.4, -0.2) is 29.0 Å². The molecular weight excluding hydrogens is 268 g/mol. The molecule has 110 valence electrons. The number of anilines is 1. The van der Waals surface area contributed by atoms with E-state index in [1.54, 1.807) is 24.4 Å². The summed E-state index contributed by atoms with van der Waals surface area (Å²) in [6, 6.07) is 7.31. The molecule has 0 aliphatic carbocycles. The Labute approximate surface area is 122 Å². The van der Waals surface area contributed by atoms with E-state index in [0.717, 1.165) is 25.8 Å². The van der Waals surface area contributed by atoms with Gasteiger partial charge in [-0.2, -0.15) is 0 Å². The van der Waals surface area contributed by atoms with Crippen molar-refractivity contribution in [2.24, 2.45) is 5.73 Å². The molecule has 2 aromatic rings. The number of benzene rings is 1. The zero-order chi connectivity index (χ0) is 14.8. The lowest BCUT2D eigenvalue weighted by atomic mass is 10.00. The molecule has 1 aliphatic rings. The number of rotatable bonds is 3. The number of pyridine rings is 1. The van der Waals surface area contributed by atoms with Crippen LogP contribution in [0.4, 0.5) is 11.4 Å². The summed E-state index contributed by atoms with van der Waals surface area (Å²) in [7, 11) is 0. The molecule has 21 heavy (non-hydrogen) atoms. The van der Waals surface area contributed by atoms with Gasteiger partial charge in [0.1, 0.15) is 5.69 Å². The summed E-state index contributed by atoms with van der Waals surface area (Å²) < 4.78 is 0. The van der Waals surface area contributed by atoms with Crippen LogP contribution >= 0.6 is 0 Å². The Bertz CT molecular complexity index is 674. The van der Waals surface area contributed by atoms with Gasteiger partial charge in [0.05, 0.1) is 15.8 Å². The Hall–Kier alpha value is -2.21. The first-order valence-electron chi connectivity index (χ1n) is 7.21. The van der Waals surface area contributed by atoms with Gasteiger partial charge in [-0.15, -0.1) is 0 Å². The minimum absolute atomic E-state index is 0.140. The lowest BCUT2D eigenvalue weighted by Gasteiger charge is -2.36. The monoisotopic (exact) mass is 286 g/mol. The van der Waals surface area contributed by atoms with Crippen LogP contribution in [0.5, 0.6) is 0 Å². The molecule has 1 aliphatic heterocycles. The minimum atomic E-state index is -0.304. The zero-order valence-corrected chi connectivity index (χ0v) is 11.7. The molecule has 2 heterocycles. The Morgan fingerprint density at radius 3 is 3.00 bits per heavy atom. The summed E-state index contributed by atoms with van der Waals surface area (Å²) in [5.41, 5.74) is 7.30. The molecule has 0 saturated carbocycles. The van der Waals surface area contributed by atoms with Crippen molar-refractivity contribution < 1.29 is 4.92 Å². The molecule has 0 bridgehead atoms. The van der Waals surface area contributed by atoms with Crippen molar-refractivity contribution in [1.82, 2.24) is 4.98 Å². The Morgan fingerprint density at radius 1 is 1.38 bits per heavy atom. The lowest BCUT2D eigenvalue weighted by molar-refractivity contribution is -0.382. The quantitative estimate of drug-likeness (QED) is 0.692. The first-order chi connectivity index (χ1) is 10.2. The fourth-order valence-corrected chi connectivity index (χ4v) is 3.11. The maximum absolute atomic E-state index is 11.6. The number of nitro groups is 1. The summed E-state index contributed by atoms with van der Waals surface area (Å²) in [6.45, 7) is 1.33. The van der Waals surface area contributed by atoms with Crippen LogP contribution < -0.4 is 10.6 Å². The Morgan fingerprint density at radius 2 is 2.24 bits per heavy atom. The Kier molecular flexibility index (Phi) is 3.70. The van der Waals surface area contributed by atoms with Gasteiger partial charge in [-0.1, -0.05) is 0 Å². The van der Waals surface area contributed by atoms with Crippen LogP contribution in [0.25, 0.3) is 10.9 Å². The van der Waals surface area contributed by atoms with E-state index >= 15 is 0 Å². The van der Waals surface area contributed by atoms with Crippen molar-refractivity contribution >= 4 is 22.3 Å². The molecule has 1 unspecified atom stereocenters. The van der Waals surface area contributed by atoms with E-state index in [1.165, 1.54) is 0 Å². The van der Waals surface area contributed by atoms with Crippen LogP contribution in [0, 0.1) is 10.1 Å². The number of piperidine rings is 1. The molecule has 0 radical (unpaired) electrons. The van der Waals surface area contributed by atoms with E-state index in [2.05, 4.69) is 9.88 Å². The highest BCUT2D eigenvalue weighted by atomic mass is 16.6. The molecule has 1 fully saturated rings. The predicted molar refractivity (Wildman–Crippen MR) is 82.4 cm³/mol. The van der Waals surface area contributed by atoms with E-state index in [4.69, 9.17) is 5.73 Å². The van der Waals surface area contributed by atoms with E-state index in [1.807, 2.05) is 6.07 Å². The molecule has 1 saturated heterocycles. The number of aromatic nitrogens is 1. The number of nitrogens with two attached hydrogens (primary N) is 1. The van der Waals surface area contributed by atoms with Crippen LogP contribution in [0.3, 0.4) is 0 Å². The summed E-state index contributed by atoms with van der Waals surface area (Å²) in [4.78, 5) is 17.6. The highest BCUT2D eigenvalue weighted by Crippen LogP contribution is 2.37.